The van der Waals surface area contributed by atoms with Crippen LogP contribution >= 0.6 is 0 Å². The predicted octanol–water partition coefficient (Wildman–Crippen LogP) is 3.60. The summed E-state index contributed by atoms with van der Waals surface area (Å²) >= 11 is 0. The van der Waals surface area contributed by atoms with E-state index in [0.29, 0.717) is 19.0 Å². The molecule has 0 aromatic heterocycles. The molecule has 1 fully saturated rings. The molecular weight excluding hydrogens is 268 g/mol. The predicted molar refractivity (Wildman–Crippen MR) is 79.0 cm³/mol. The molecule has 1 aliphatic heterocycles. The monoisotopic (exact) mass is 290 g/mol. The van der Waals surface area contributed by atoms with Gasteiger partial charge in [-0.3, -0.25) is 4.79 Å². The first kappa shape index (κ1) is 14.2. The quantitative estimate of drug-likeness (QED) is 0.864. The minimum absolute atomic E-state index is 0.229. The third-order valence-corrected chi connectivity index (χ3v) is 4.56. The number of fused-ring (bicyclic) bond motifs is 1. The van der Waals surface area contributed by atoms with E-state index in [-0.39, 0.29) is 5.92 Å². The lowest BCUT2D eigenvalue weighted by Gasteiger charge is -2.25. The van der Waals surface area contributed by atoms with E-state index in [1.165, 1.54) is 12.8 Å². The smallest absolute Gasteiger partial charge is 0.311 e. The number of rotatable bonds is 3. The molecule has 0 amide bonds. The van der Waals surface area contributed by atoms with Crippen molar-refractivity contribution in [2.75, 3.05) is 13.2 Å². The summed E-state index contributed by atoms with van der Waals surface area (Å²) in [4.78, 5) is 11.8. The van der Waals surface area contributed by atoms with Crippen LogP contribution in [0, 0.1) is 5.92 Å². The van der Waals surface area contributed by atoms with Crippen LogP contribution in [-0.4, -0.2) is 24.3 Å². The molecule has 21 heavy (non-hydrogen) atoms. The maximum Gasteiger partial charge on any atom is 0.311 e. The van der Waals surface area contributed by atoms with E-state index >= 15 is 0 Å². The molecule has 3 rings (SSSR count). The number of aliphatic carboxylic acids is 1. The molecule has 2 aliphatic rings. The van der Waals surface area contributed by atoms with E-state index in [2.05, 4.69) is 0 Å². The Balaban J connectivity index is 1.87. The first-order chi connectivity index (χ1) is 10.3. The molecule has 0 radical (unpaired) electrons. The maximum atomic E-state index is 11.8. The van der Waals surface area contributed by atoms with Crippen molar-refractivity contribution in [2.45, 2.75) is 44.4 Å². The highest BCUT2D eigenvalue weighted by Gasteiger charge is 2.31. The Kier molecular flexibility index (Phi) is 4.32. The molecule has 0 saturated heterocycles. The lowest BCUT2D eigenvalue weighted by atomic mass is 9.81. The minimum atomic E-state index is -0.724. The molecule has 1 aromatic carbocycles. The van der Waals surface area contributed by atoms with Crippen LogP contribution in [0.15, 0.2) is 18.2 Å². The van der Waals surface area contributed by atoms with Crippen LogP contribution in [0.5, 0.6) is 11.5 Å². The molecule has 0 spiro atoms. The van der Waals surface area contributed by atoms with Gasteiger partial charge in [0.1, 0.15) is 13.2 Å². The Morgan fingerprint density at radius 2 is 1.71 bits per heavy atom. The van der Waals surface area contributed by atoms with E-state index in [1.54, 1.807) is 0 Å². The molecule has 1 heterocycles. The number of carboxylic acids is 1. The summed E-state index contributed by atoms with van der Waals surface area (Å²) in [6.45, 7) is 1.08. The van der Waals surface area contributed by atoms with Crippen LogP contribution in [0.25, 0.3) is 0 Å². The topological polar surface area (TPSA) is 55.8 Å². The number of benzene rings is 1. The van der Waals surface area contributed by atoms with Gasteiger partial charge in [0.2, 0.25) is 0 Å². The van der Waals surface area contributed by atoms with E-state index in [9.17, 15) is 9.90 Å². The van der Waals surface area contributed by atoms with Gasteiger partial charge < -0.3 is 14.6 Å². The van der Waals surface area contributed by atoms with Crippen molar-refractivity contribution in [1.82, 2.24) is 0 Å². The van der Waals surface area contributed by atoms with Gasteiger partial charge in [-0.05, 0) is 36.5 Å². The SMILES string of the molecule is O=C(O)C(c1ccc2c(c1)OCCO2)C1CCCCCC1. The molecule has 4 heteroatoms. The molecule has 1 saturated carbocycles. The highest BCUT2D eigenvalue weighted by atomic mass is 16.6. The fourth-order valence-electron chi connectivity index (χ4n) is 3.51. The fourth-order valence-corrected chi connectivity index (χ4v) is 3.51. The molecule has 1 atom stereocenters. The Morgan fingerprint density at radius 1 is 1.05 bits per heavy atom. The highest BCUT2D eigenvalue weighted by molar-refractivity contribution is 5.77. The summed E-state index contributed by atoms with van der Waals surface area (Å²) in [5.41, 5.74) is 0.846. The standard InChI is InChI=1S/C17H22O4/c18-17(19)16(12-5-3-1-2-4-6-12)13-7-8-14-15(11-13)21-10-9-20-14/h7-8,11-12,16H,1-6,9-10H2,(H,18,19). The lowest BCUT2D eigenvalue weighted by Crippen LogP contribution is -2.22. The zero-order valence-corrected chi connectivity index (χ0v) is 12.2. The second kappa shape index (κ2) is 6.37. The van der Waals surface area contributed by atoms with Gasteiger partial charge in [0.05, 0.1) is 5.92 Å². The Morgan fingerprint density at radius 3 is 2.38 bits per heavy atom. The summed E-state index contributed by atoms with van der Waals surface area (Å²) < 4.78 is 11.1. The number of ether oxygens (including phenoxy) is 2. The summed E-state index contributed by atoms with van der Waals surface area (Å²) in [7, 11) is 0. The first-order valence-electron chi connectivity index (χ1n) is 7.88. The van der Waals surface area contributed by atoms with Gasteiger partial charge in [0.15, 0.2) is 11.5 Å². The summed E-state index contributed by atoms with van der Waals surface area (Å²) in [5.74, 6) is 0.471. The second-order valence-electron chi connectivity index (χ2n) is 5.97. The van der Waals surface area contributed by atoms with Crippen molar-refractivity contribution in [1.29, 1.82) is 0 Å². The Labute approximate surface area is 125 Å². The Bertz CT molecular complexity index is 504. The minimum Gasteiger partial charge on any atom is -0.486 e. The number of carbonyl (C=O) groups is 1. The van der Waals surface area contributed by atoms with Crippen molar-refractivity contribution in [3.05, 3.63) is 23.8 Å². The third kappa shape index (κ3) is 3.14. The molecular formula is C17H22O4. The zero-order chi connectivity index (χ0) is 14.7. The normalized spacial score (nSPS) is 20.6. The van der Waals surface area contributed by atoms with Gasteiger partial charge in [-0.2, -0.15) is 0 Å². The van der Waals surface area contributed by atoms with Crippen LogP contribution in [0.2, 0.25) is 0 Å². The van der Waals surface area contributed by atoms with Gasteiger partial charge in [0.25, 0.3) is 0 Å². The van der Waals surface area contributed by atoms with Crippen molar-refractivity contribution >= 4 is 5.97 Å². The summed E-state index contributed by atoms with van der Waals surface area (Å²) in [6.07, 6.45) is 6.74. The number of carboxylic acid groups (broad SMARTS) is 1. The fraction of sp³-hybridized carbons (Fsp3) is 0.588. The lowest BCUT2D eigenvalue weighted by molar-refractivity contribution is -0.140. The van der Waals surface area contributed by atoms with Crippen LogP contribution in [0.4, 0.5) is 0 Å². The van der Waals surface area contributed by atoms with Gasteiger partial charge in [-0.25, -0.2) is 0 Å². The average Bonchev–Trinajstić information content (AvgIpc) is 2.76. The molecule has 1 unspecified atom stereocenters. The summed E-state index contributed by atoms with van der Waals surface area (Å²) in [5, 5.41) is 9.70. The second-order valence-corrected chi connectivity index (χ2v) is 5.97. The molecule has 1 aromatic rings. The van der Waals surface area contributed by atoms with Crippen molar-refractivity contribution < 1.29 is 19.4 Å². The maximum absolute atomic E-state index is 11.8. The average molecular weight is 290 g/mol. The van der Waals surface area contributed by atoms with Crippen molar-refractivity contribution in [3.8, 4) is 11.5 Å². The van der Waals surface area contributed by atoms with E-state index in [0.717, 1.165) is 37.0 Å². The molecule has 0 bridgehead atoms. The number of hydrogen-bond donors (Lipinski definition) is 1. The zero-order valence-electron chi connectivity index (χ0n) is 12.2. The third-order valence-electron chi connectivity index (χ3n) is 4.56. The van der Waals surface area contributed by atoms with Crippen molar-refractivity contribution in [3.63, 3.8) is 0 Å². The van der Waals surface area contributed by atoms with E-state index in [1.807, 2.05) is 18.2 Å². The van der Waals surface area contributed by atoms with Gasteiger partial charge in [-0.1, -0.05) is 31.7 Å². The highest BCUT2D eigenvalue weighted by Crippen LogP contribution is 2.39. The van der Waals surface area contributed by atoms with E-state index < -0.39 is 11.9 Å². The van der Waals surface area contributed by atoms with Crippen LogP contribution in [-0.2, 0) is 4.79 Å². The molecule has 4 nitrogen and oxygen atoms in total. The largest absolute Gasteiger partial charge is 0.486 e. The Hall–Kier alpha value is -1.71. The van der Waals surface area contributed by atoms with Crippen LogP contribution < -0.4 is 9.47 Å². The number of hydrogen-bond acceptors (Lipinski definition) is 3. The molecule has 114 valence electrons. The van der Waals surface area contributed by atoms with E-state index in [4.69, 9.17) is 9.47 Å². The van der Waals surface area contributed by atoms with Gasteiger partial charge in [0, 0.05) is 0 Å². The van der Waals surface area contributed by atoms with Crippen molar-refractivity contribution in [2.24, 2.45) is 5.92 Å². The van der Waals surface area contributed by atoms with Gasteiger partial charge >= 0.3 is 5.97 Å². The summed E-state index contributed by atoms with van der Waals surface area (Å²) in [6, 6.07) is 5.59. The first-order valence-corrected chi connectivity index (χ1v) is 7.88. The van der Waals surface area contributed by atoms with Crippen LogP contribution in [0.3, 0.4) is 0 Å². The van der Waals surface area contributed by atoms with Gasteiger partial charge in [-0.15, -0.1) is 0 Å². The van der Waals surface area contributed by atoms with Crippen LogP contribution in [0.1, 0.15) is 50.0 Å². The molecule has 1 N–H and O–H groups in total. The molecule has 1 aliphatic carbocycles.